The van der Waals surface area contributed by atoms with Crippen LogP contribution in [0, 0.1) is 5.92 Å². The summed E-state index contributed by atoms with van der Waals surface area (Å²) in [6, 6.07) is 14.0. The first-order chi connectivity index (χ1) is 16.6. The molecule has 3 aromatic heterocycles. The Morgan fingerprint density at radius 1 is 1.03 bits per heavy atom. The first kappa shape index (κ1) is 22.4. The number of hydrogen-bond acceptors (Lipinski definition) is 6. The molecule has 0 saturated carbocycles. The van der Waals surface area contributed by atoms with Crippen LogP contribution in [0.25, 0.3) is 16.9 Å². The van der Waals surface area contributed by atoms with Crippen LogP contribution in [0.2, 0.25) is 0 Å². The Morgan fingerprint density at radius 3 is 2.65 bits per heavy atom. The second kappa shape index (κ2) is 10.3. The molecule has 5 rings (SSSR count). The predicted molar refractivity (Wildman–Crippen MR) is 135 cm³/mol. The monoisotopic (exact) mass is 459 g/mol. The standard InChI is InChI=1S/C26H33N7O/c1-20(2)12-15-32-19-21(18-27-32)24-6-5-7-25-29-26(30-33(24)25)28-22-8-10-23(11-9-22)34-17-16-31-13-3-4-14-31/h5-11,18-20H,3-4,12-17H2,1-2H3,(H,28,30). The number of aromatic nitrogens is 5. The van der Waals surface area contributed by atoms with Crippen molar-refractivity contribution >= 4 is 17.3 Å². The lowest BCUT2D eigenvalue weighted by Gasteiger charge is -2.15. The van der Waals surface area contributed by atoms with Gasteiger partial charge in [0.05, 0.1) is 11.9 Å². The van der Waals surface area contributed by atoms with Crippen LogP contribution in [0.5, 0.6) is 5.75 Å². The van der Waals surface area contributed by atoms with E-state index in [1.165, 1.54) is 25.9 Å². The van der Waals surface area contributed by atoms with Gasteiger partial charge in [0.25, 0.3) is 0 Å². The van der Waals surface area contributed by atoms with Crippen LogP contribution in [-0.2, 0) is 6.54 Å². The molecular weight excluding hydrogens is 426 g/mol. The van der Waals surface area contributed by atoms with Crippen molar-refractivity contribution in [3.63, 3.8) is 0 Å². The van der Waals surface area contributed by atoms with Crippen molar-refractivity contribution in [1.82, 2.24) is 29.3 Å². The molecule has 178 valence electrons. The molecule has 1 saturated heterocycles. The molecule has 1 aromatic carbocycles. The van der Waals surface area contributed by atoms with Gasteiger partial charge in [0.2, 0.25) is 5.95 Å². The third-order valence-corrected chi connectivity index (χ3v) is 6.21. The second-order valence-electron chi connectivity index (χ2n) is 9.34. The van der Waals surface area contributed by atoms with Gasteiger partial charge in [0.1, 0.15) is 12.4 Å². The van der Waals surface area contributed by atoms with E-state index in [9.17, 15) is 0 Å². The Labute approximate surface area is 200 Å². The number of anilines is 2. The number of nitrogens with zero attached hydrogens (tertiary/aromatic N) is 6. The van der Waals surface area contributed by atoms with Gasteiger partial charge in [-0.3, -0.25) is 9.58 Å². The van der Waals surface area contributed by atoms with Crippen molar-refractivity contribution in [2.75, 3.05) is 31.6 Å². The van der Waals surface area contributed by atoms with E-state index in [0.717, 1.165) is 54.5 Å². The van der Waals surface area contributed by atoms with Crippen molar-refractivity contribution in [3.8, 4) is 17.0 Å². The zero-order valence-corrected chi connectivity index (χ0v) is 20.0. The quantitative estimate of drug-likeness (QED) is 0.365. The third kappa shape index (κ3) is 5.39. The number of benzene rings is 1. The minimum Gasteiger partial charge on any atom is -0.492 e. The summed E-state index contributed by atoms with van der Waals surface area (Å²) in [6.07, 6.45) is 7.69. The van der Waals surface area contributed by atoms with Crippen molar-refractivity contribution in [2.24, 2.45) is 5.92 Å². The van der Waals surface area contributed by atoms with Crippen LogP contribution in [0.1, 0.15) is 33.1 Å². The number of fused-ring (bicyclic) bond motifs is 1. The number of rotatable bonds is 10. The molecular formula is C26H33N7O. The van der Waals surface area contributed by atoms with Gasteiger partial charge in [-0.15, -0.1) is 5.10 Å². The first-order valence-electron chi connectivity index (χ1n) is 12.2. The zero-order valence-electron chi connectivity index (χ0n) is 20.0. The number of likely N-dealkylation sites (tertiary alicyclic amines) is 1. The molecule has 1 aliphatic heterocycles. The summed E-state index contributed by atoms with van der Waals surface area (Å²) in [5, 5.41) is 12.5. The summed E-state index contributed by atoms with van der Waals surface area (Å²) >= 11 is 0. The molecule has 0 amide bonds. The highest BCUT2D eigenvalue weighted by Gasteiger charge is 2.12. The van der Waals surface area contributed by atoms with E-state index in [0.29, 0.717) is 11.9 Å². The lowest BCUT2D eigenvalue weighted by Crippen LogP contribution is -2.25. The van der Waals surface area contributed by atoms with Crippen molar-refractivity contribution in [2.45, 2.75) is 39.7 Å². The number of hydrogen-bond donors (Lipinski definition) is 1. The van der Waals surface area contributed by atoms with E-state index in [-0.39, 0.29) is 0 Å². The fourth-order valence-corrected chi connectivity index (χ4v) is 4.25. The Morgan fingerprint density at radius 2 is 1.85 bits per heavy atom. The molecule has 1 N–H and O–H groups in total. The molecule has 0 bridgehead atoms. The summed E-state index contributed by atoms with van der Waals surface area (Å²) in [6.45, 7) is 9.47. The minimum atomic E-state index is 0.558. The van der Waals surface area contributed by atoms with Crippen LogP contribution in [0.15, 0.2) is 54.9 Å². The van der Waals surface area contributed by atoms with E-state index in [2.05, 4.69) is 40.3 Å². The van der Waals surface area contributed by atoms with E-state index < -0.39 is 0 Å². The lowest BCUT2D eigenvalue weighted by atomic mass is 10.1. The highest BCUT2D eigenvalue weighted by atomic mass is 16.5. The maximum absolute atomic E-state index is 5.91. The summed E-state index contributed by atoms with van der Waals surface area (Å²) in [5.41, 5.74) is 3.71. The smallest absolute Gasteiger partial charge is 0.247 e. The molecule has 8 nitrogen and oxygen atoms in total. The first-order valence-corrected chi connectivity index (χ1v) is 12.2. The van der Waals surface area contributed by atoms with Gasteiger partial charge in [-0.05, 0) is 74.7 Å². The summed E-state index contributed by atoms with van der Waals surface area (Å²) in [4.78, 5) is 7.11. The highest BCUT2D eigenvalue weighted by molar-refractivity contribution is 5.63. The predicted octanol–water partition coefficient (Wildman–Crippen LogP) is 4.86. The Hall–Kier alpha value is -3.39. The fourth-order valence-electron chi connectivity index (χ4n) is 4.25. The van der Waals surface area contributed by atoms with E-state index in [1.807, 2.05) is 57.9 Å². The molecule has 34 heavy (non-hydrogen) atoms. The largest absolute Gasteiger partial charge is 0.492 e. The molecule has 8 heteroatoms. The highest BCUT2D eigenvalue weighted by Crippen LogP contribution is 2.23. The SMILES string of the molecule is CC(C)CCn1cc(-c2cccc3nc(Nc4ccc(OCCN5CCCC5)cc4)nn23)cn1. The number of ether oxygens (including phenoxy) is 1. The number of aryl methyl sites for hydroxylation is 1. The summed E-state index contributed by atoms with van der Waals surface area (Å²) in [7, 11) is 0. The summed E-state index contributed by atoms with van der Waals surface area (Å²) in [5.74, 6) is 2.09. The van der Waals surface area contributed by atoms with Crippen LogP contribution < -0.4 is 10.1 Å². The zero-order chi connectivity index (χ0) is 23.3. The average molecular weight is 460 g/mol. The van der Waals surface area contributed by atoms with Gasteiger partial charge >= 0.3 is 0 Å². The van der Waals surface area contributed by atoms with E-state index in [1.54, 1.807) is 0 Å². The fraction of sp³-hybridized carbons (Fsp3) is 0.423. The van der Waals surface area contributed by atoms with Gasteiger partial charge in [0.15, 0.2) is 5.65 Å². The Kier molecular flexibility index (Phi) is 6.76. The summed E-state index contributed by atoms with van der Waals surface area (Å²) < 4.78 is 9.77. The maximum Gasteiger partial charge on any atom is 0.247 e. The van der Waals surface area contributed by atoms with Crippen molar-refractivity contribution < 1.29 is 4.74 Å². The topological polar surface area (TPSA) is 72.5 Å². The Balaban J connectivity index is 1.24. The molecule has 4 heterocycles. The van der Waals surface area contributed by atoms with Gasteiger partial charge in [-0.25, -0.2) is 4.52 Å². The van der Waals surface area contributed by atoms with Crippen LogP contribution in [0.4, 0.5) is 11.6 Å². The minimum absolute atomic E-state index is 0.558. The molecule has 0 unspecified atom stereocenters. The Bertz CT molecular complexity index is 1210. The van der Waals surface area contributed by atoms with E-state index in [4.69, 9.17) is 9.84 Å². The van der Waals surface area contributed by atoms with Crippen molar-refractivity contribution in [1.29, 1.82) is 0 Å². The average Bonchev–Trinajstić information content (AvgIpc) is 3.59. The van der Waals surface area contributed by atoms with Gasteiger partial charge < -0.3 is 10.1 Å². The third-order valence-electron chi connectivity index (χ3n) is 6.21. The second-order valence-corrected chi connectivity index (χ2v) is 9.34. The van der Waals surface area contributed by atoms with Crippen molar-refractivity contribution in [3.05, 3.63) is 54.9 Å². The van der Waals surface area contributed by atoms with Gasteiger partial charge in [-0.2, -0.15) is 10.1 Å². The van der Waals surface area contributed by atoms with Crippen LogP contribution >= 0.6 is 0 Å². The molecule has 1 fully saturated rings. The normalized spacial score (nSPS) is 14.3. The molecule has 0 atom stereocenters. The van der Waals surface area contributed by atoms with Gasteiger partial charge in [-0.1, -0.05) is 19.9 Å². The number of pyridine rings is 1. The van der Waals surface area contributed by atoms with Crippen LogP contribution in [0.3, 0.4) is 0 Å². The molecule has 0 radical (unpaired) electrons. The van der Waals surface area contributed by atoms with E-state index >= 15 is 0 Å². The maximum atomic E-state index is 5.91. The molecule has 4 aromatic rings. The molecule has 0 spiro atoms. The molecule has 0 aliphatic carbocycles. The number of nitrogens with one attached hydrogen (secondary N) is 1. The molecule has 1 aliphatic rings. The van der Waals surface area contributed by atoms with Crippen LogP contribution in [-0.4, -0.2) is 55.5 Å². The van der Waals surface area contributed by atoms with Gasteiger partial charge in [0, 0.05) is 30.5 Å². The lowest BCUT2D eigenvalue weighted by molar-refractivity contribution is 0.238.